The first kappa shape index (κ1) is 29.6. The summed E-state index contributed by atoms with van der Waals surface area (Å²) in [5.41, 5.74) is -2.39. The van der Waals surface area contributed by atoms with E-state index in [1.54, 1.807) is 0 Å². The molecule has 2 aliphatic rings. The monoisotopic (exact) mass is 576 g/mol. The second-order valence-corrected chi connectivity index (χ2v) is 9.38. The van der Waals surface area contributed by atoms with Gasteiger partial charge in [-0.25, -0.2) is 9.59 Å². The fourth-order valence-electron chi connectivity index (χ4n) is 4.43. The van der Waals surface area contributed by atoms with Crippen molar-refractivity contribution in [3.8, 4) is 5.75 Å². The van der Waals surface area contributed by atoms with Crippen LogP contribution < -0.4 is 10.1 Å². The average Bonchev–Trinajstić information content (AvgIpc) is 3.78. The van der Waals surface area contributed by atoms with Gasteiger partial charge in [0.05, 0.1) is 42.3 Å². The molecule has 2 aromatic rings. The summed E-state index contributed by atoms with van der Waals surface area (Å²) in [5.74, 6) is -3.26. The van der Waals surface area contributed by atoms with Gasteiger partial charge in [0.2, 0.25) is 0 Å². The maximum atomic E-state index is 14.0. The highest BCUT2D eigenvalue weighted by atomic mass is 19.4. The minimum absolute atomic E-state index is 0.0715. The Morgan fingerprint density at radius 2 is 1.83 bits per heavy atom. The maximum Gasteiger partial charge on any atom is 0.431 e. The van der Waals surface area contributed by atoms with Gasteiger partial charge in [0.1, 0.15) is 24.2 Å². The number of carbonyl (C=O) groups is 2. The second kappa shape index (κ2) is 12.4. The van der Waals surface area contributed by atoms with Crippen molar-refractivity contribution in [3.05, 3.63) is 92.3 Å². The number of non-ortho nitro benzene ring substituents is 1. The normalized spacial score (nSPS) is 18.5. The van der Waals surface area contributed by atoms with Crippen molar-refractivity contribution in [3.63, 3.8) is 0 Å². The SMILES string of the molecule is COC(=O)C1=C(C(F)(F)F)NC(C)=C(C(=O)OCCCc2ccc(OCC3CO3)cc2)C1c1cccc([N+](=O)[O-])c1. The van der Waals surface area contributed by atoms with Crippen LogP contribution in [0.15, 0.2) is 71.1 Å². The number of halogens is 3. The molecule has 1 fully saturated rings. The molecule has 41 heavy (non-hydrogen) atoms. The molecule has 218 valence electrons. The van der Waals surface area contributed by atoms with Crippen molar-refractivity contribution in [2.75, 3.05) is 26.9 Å². The zero-order valence-corrected chi connectivity index (χ0v) is 22.2. The van der Waals surface area contributed by atoms with Crippen LogP contribution in [0, 0.1) is 10.1 Å². The van der Waals surface area contributed by atoms with Crippen molar-refractivity contribution in [2.45, 2.75) is 38.0 Å². The minimum atomic E-state index is -5.02. The van der Waals surface area contributed by atoms with Gasteiger partial charge in [-0.2, -0.15) is 13.2 Å². The van der Waals surface area contributed by atoms with Gasteiger partial charge < -0.3 is 24.3 Å². The smallest absolute Gasteiger partial charge is 0.431 e. The summed E-state index contributed by atoms with van der Waals surface area (Å²) in [4.78, 5) is 36.6. The lowest BCUT2D eigenvalue weighted by molar-refractivity contribution is -0.384. The predicted molar refractivity (Wildman–Crippen MR) is 138 cm³/mol. The van der Waals surface area contributed by atoms with Crippen molar-refractivity contribution in [1.82, 2.24) is 5.32 Å². The minimum Gasteiger partial charge on any atom is -0.491 e. The molecular formula is C28H27F3N2O8. The molecule has 1 N–H and O–H groups in total. The number of hydrogen-bond acceptors (Lipinski definition) is 9. The molecule has 2 aliphatic heterocycles. The predicted octanol–water partition coefficient (Wildman–Crippen LogP) is 4.50. The van der Waals surface area contributed by atoms with Crippen LogP contribution in [0.5, 0.6) is 5.75 Å². The van der Waals surface area contributed by atoms with Crippen LogP contribution in [0.3, 0.4) is 0 Å². The van der Waals surface area contributed by atoms with E-state index in [2.05, 4.69) is 10.1 Å². The highest BCUT2D eigenvalue weighted by molar-refractivity contribution is 6.00. The maximum absolute atomic E-state index is 14.0. The van der Waals surface area contributed by atoms with Crippen LogP contribution >= 0.6 is 0 Å². The van der Waals surface area contributed by atoms with Gasteiger partial charge in [0, 0.05) is 17.8 Å². The summed E-state index contributed by atoms with van der Waals surface area (Å²) in [7, 11) is 0.900. The van der Waals surface area contributed by atoms with Crippen LogP contribution in [0.1, 0.15) is 30.4 Å². The van der Waals surface area contributed by atoms with E-state index in [0.29, 0.717) is 31.8 Å². The van der Waals surface area contributed by atoms with Gasteiger partial charge >= 0.3 is 18.1 Å². The molecule has 0 saturated carbocycles. The molecule has 0 amide bonds. The fourth-order valence-corrected chi connectivity index (χ4v) is 4.43. The number of hydrogen-bond donors (Lipinski definition) is 1. The lowest BCUT2D eigenvalue weighted by Crippen LogP contribution is -2.38. The number of epoxide rings is 1. The number of ether oxygens (including phenoxy) is 4. The molecule has 2 heterocycles. The van der Waals surface area contributed by atoms with Crippen LogP contribution in [-0.4, -0.2) is 56.1 Å². The van der Waals surface area contributed by atoms with Gasteiger partial charge in [-0.05, 0) is 43.0 Å². The largest absolute Gasteiger partial charge is 0.491 e. The molecule has 2 atom stereocenters. The van der Waals surface area contributed by atoms with E-state index < -0.39 is 45.9 Å². The van der Waals surface area contributed by atoms with Crippen LogP contribution in [0.25, 0.3) is 0 Å². The van der Waals surface area contributed by atoms with E-state index in [-0.39, 0.29) is 29.5 Å². The molecule has 10 nitrogen and oxygen atoms in total. The third-order valence-electron chi connectivity index (χ3n) is 6.49. The number of dihydropyridines is 1. The molecule has 0 radical (unpaired) electrons. The molecule has 2 aromatic carbocycles. The first-order valence-electron chi connectivity index (χ1n) is 12.6. The van der Waals surface area contributed by atoms with E-state index >= 15 is 0 Å². The summed E-state index contributed by atoms with van der Waals surface area (Å²) >= 11 is 0. The first-order valence-corrected chi connectivity index (χ1v) is 12.6. The number of rotatable bonds is 11. The zero-order valence-electron chi connectivity index (χ0n) is 22.2. The number of nitrogens with zero attached hydrogens (tertiary/aromatic N) is 1. The number of alkyl halides is 3. The highest BCUT2D eigenvalue weighted by Gasteiger charge is 2.47. The summed E-state index contributed by atoms with van der Waals surface area (Å²) in [6.07, 6.45) is -3.95. The Morgan fingerprint density at radius 3 is 2.44 bits per heavy atom. The van der Waals surface area contributed by atoms with E-state index in [4.69, 9.17) is 14.2 Å². The Hall–Kier alpha value is -4.39. The molecule has 4 rings (SSSR count). The Balaban J connectivity index is 1.53. The number of nitro benzene ring substituents is 1. The van der Waals surface area contributed by atoms with Gasteiger partial charge in [-0.15, -0.1) is 0 Å². The Labute approximate surface area is 232 Å². The number of esters is 2. The topological polar surface area (TPSA) is 130 Å². The van der Waals surface area contributed by atoms with Gasteiger partial charge in [0.15, 0.2) is 0 Å². The quantitative estimate of drug-likeness (QED) is 0.135. The summed E-state index contributed by atoms with van der Waals surface area (Å²) in [5, 5.41) is 13.5. The molecule has 0 bridgehead atoms. The Morgan fingerprint density at radius 1 is 1.12 bits per heavy atom. The van der Waals surface area contributed by atoms with Crippen LogP contribution in [-0.2, 0) is 30.2 Å². The summed E-state index contributed by atoms with van der Waals surface area (Å²) < 4.78 is 62.8. The Bertz CT molecular complexity index is 1380. The molecular weight excluding hydrogens is 549 g/mol. The van der Waals surface area contributed by atoms with Gasteiger partial charge in [0.25, 0.3) is 5.69 Å². The van der Waals surface area contributed by atoms with Crippen molar-refractivity contribution in [2.24, 2.45) is 0 Å². The summed E-state index contributed by atoms with van der Waals surface area (Å²) in [6, 6.07) is 12.1. The third-order valence-corrected chi connectivity index (χ3v) is 6.49. The fraction of sp³-hybridized carbons (Fsp3) is 0.357. The number of allylic oxidation sites excluding steroid dienone is 2. The van der Waals surface area contributed by atoms with E-state index in [0.717, 1.165) is 24.8 Å². The van der Waals surface area contributed by atoms with Gasteiger partial charge in [-0.3, -0.25) is 10.1 Å². The third kappa shape index (κ3) is 7.23. The first-order chi connectivity index (χ1) is 19.5. The number of nitrogens with one attached hydrogen (secondary N) is 1. The van der Waals surface area contributed by atoms with Crippen molar-refractivity contribution < 1.29 is 46.6 Å². The second-order valence-electron chi connectivity index (χ2n) is 9.38. The van der Waals surface area contributed by atoms with E-state index in [1.807, 2.05) is 24.3 Å². The molecule has 0 aromatic heterocycles. The molecule has 0 spiro atoms. The highest BCUT2D eigenvalue weighted by Crippen LogP contribution is 2.44. The van der Waals surface area contributed by atoms with E-state index in [9.17, 15) is 32.9 Å². The molecule has 1 saturated heterocycles. The number of aryl methyl sites for hydroxylation is 1. The lowest BCUT2D eigenvalue weighted by atomic mass is 9.80. The van der Waals surface area contributed by atoms with Crippen molar-refractivity contribution in [1.29, 1.82) is 0 Å². The number of carbonyl (C=O) groups excluding carboxylic acids is 2. The van der Waals surface area contributed by atoms with Crippen LogP contribution in [0.2, 0.25) is 0 Å². The number of benzene rings is 2. The molecule has 0 aliphatic carbocycles. The lowest BCUT2D eigenvalue weighted by Gasteiger charge is -2.31. The van der Waals surface area contributed by atoms with E-state index in [1.165, 1.54) is 19.1 Å². The molecule has 13 heteroatoms. The summed E-state index contributed by atoms with van der Waals surface area (Å²) in [6.45, 7) is 2.34. The Kier molecular flexibility index (Phi) is 8.96. The standard InChI is InChI=1S/C28H27F3N2O8/c1-16-22(27(35)39-12-4-5-17-8-10-20(11-9-17)40-14-21-15-41-21)23(18-6-3-7-19(13-18)33(36)37)24(26(34)38-2)25(32-16)28(29,30)31/h3,6-11,13,21,23,32H,4-5,12,14-15H2,1-2H3. The zero-order chi connectivity index (χ0) is 29.7. The number of methoxy groups -OCH3 is 1. The molecule has 2 unspecified atom stereocenters. The van der Waals surface area contributed by atoms with Crippen molar-refractivity contribution >= 4 is 17.6 Å². The average molecular weight is 577 g/mol. The number of nitro groups is 1. The van der Waals surface area contributed by atoms with Gasteiger partial charge in [-0.1, -0.05) is 24.3 Å². The van der Waals surface area contributed by atoms with Crippen LogP contribution in [0.4, 0.5) is 18.9 Å².